The summed E-state index contributed by atoms with van der Waals surface area (Å²) < 4.78 is 44.5. The first-order valence-electron chi connectivity index (χ1n) is 6.11. The lowest BCUT2D eigenvalue weighted by atomic mass is 10.3. The topological polar surface area (TPSA) is 55.6 Å². The molecule has 0 aliphatic carbocycles. The number of halogens is 3. The van der Waals surface area contributed by atoms with Gasteiger partial charge in [0.05, 0.1) is 12.7 Å². The van der Waals surface area contributed by atoms with E-state index in [1.54, 1.807) is 6.07 Å². The first-order valence-corrected chi connectivity index (χ1v) is 6.11. The molecule has 0 bridgehead atoms. The lowest BCUT2D eigenvalue weighted by Crippen LogP contribution is -2.41. The monoisotopic (exact) mass is 287 g/mol. The number of hydrogen-bond acceptors (Lipinski definition) is 5. The van der Waals surface area contributed by atoms with Gasteiger partial charge in [0.2, 0.25) is 0 Å². The standard InChI is InChI=1S/C11H12F3N5O/c1-7-6-18(4-5-20-7)9-3-2-8-15-16-10(11(12,13)14)19(8)17-9/h2-3,7H,4-6H2,1H3/t7-/m1/s1. The molecule has 2 aromatic rings. The zero-order valence-corrected chi connectivity index (χ0v) is 10.6. The molecule has 108 valence electrons. The van der Waals surface area contributed by atoms with Gasteiger partial charge in [-0.15, -0.1) is 15.3 Å². The van der Waals surface area contributed by atoms with E-state index in [0.717, 1.165) is 4.52 Å². The van der Waals surface area contributed by atoms with Gasteiger partial charge in [-0.2, -0.15) is 17.7 Å². The Morgan fingerprint density at radius 2 is 2.10 bits per heavy atom. The Morgan fingerprint density at radius 3 is 2.80 bits per heavy atom. The summed E-state index contributed by atoms with van der Waals surface area (Å²) in [5.74, 6) is -0.659. The number of fused-ring (bicyclic) bond motifs is 1. The van der Waals surface area contributed by atoms with Crippen LogP contribution in [0.3, 0.4) is 0 Å². The van der Waals surface area contributed by atoms with Crippen LogP contribution in [0.15, 0.2) is 12.1 Å². The number of anilines is 1. The van der Waals surface area contributed by atoms with Crippen molar-refractivity contribution in [2.75, 3.05) is 24.6 Å². The molecule has 9 heteroatoms. The van der Waals surface area contributed by atoms with E-state index in [0.29, 0.717) is 25.5 Å². The minimum absolute atomic E-state index is 0.0178. The molecule has 1 atom stereocenters. The van der Waals surface area contributed by atoms with Crippen molar-refractivity contribution >= 4 is 11.5 Å². The van der Waals surface area contributed by atoms with Gasteiger partial charge in [-0.25, -0.2) is 0 Å². The van der Waals surface area contributed by atoms with Crippen molar-refractivity contribution in [1.29, 1.82) is 0 Å². The summed E-state index contributed by atoms with van der Waals surface area (Å²) in [6, 6.07) is 3.12. The summed E-state index contributed by atoms with van der Waals surface area (Å²) in [7, 11) is 0. The number of hydrogen-bond donors (Lipinski definition) is 0. The van der Waals surface area contributed by atoms with Gasteiger partial charge in [0, 0.05) is 13.1 Å². The van der Waals surface area contributed by atoms with Crippen molar-refractivity contribution in [3.63, 3.8) is 0 Å². The van der Waals surface area contributed by atoms with E-state index >= 15 is 0 Å². The van der Waals surface area contributed by atoms with Gasteiger partial charge in [0.25, 0.3) is 5.82 Å². The highest BCUT2D eigenvalue weighted by Gasteiger charge is 2.37. The maximum Gasteiger partial charge on any atom is 0.453 e. The molecule has 6 nitrogen and oxygen atoms in total. The maximum atomic E-state index is 12.8. The molecular weight excluding hydrogens is 275 g/mol. The Balaban J connectivity index is 2.01. The van der Waals surface area contributed by atoms with Crippen LogP contribution in [0.5, 0.6) is 0 Å². The molecule has 0 N–H and O–H groups in total. The number of alkyl halides is 3. The molecule has 0 aromatic carbocycles. The largest absolute Gasteiger partial charge is 0.453 e. The fourth-order valence-electron chi connectivity index (χ4n) is 2.15. The average molecular weight is 287 g/mol. The van der Waals surface area contributed by atoms with Gasteiger partial charge in [-0.1, -0.05) is 0 Å². The molecule has 0 unspecified atom stereocenters. The lowest BCUT2D eigenvalue weighted by Gasteiger charge is -2.31. The quantitative estimate of drug-likeness (QED) is 0.793. The molecule has 0 saturated carbocycles. The van der Waals surface area contributed by atoms with Crippen LogP contribution in [0.4, 0.5) is 19.0 Å². The van der Waals surface area contributed by atoms with Gasteiger partial charge >= 0.3 is 6.18 Å². The summed E-state index contributed by atoms with van der Waals surface area (Å²) in [6.45, 7) is 3.61. The molecule has 0 spiro atoms. The molecule has 1 fully saturated rings. The van der Waals surface area contributed by atoms with Crippen molar-refractivity contribution in [2.24, 2.45) is 0 Å². The summed E-state index contributed by atoms with van der Waals surface area (Å²) in [5.41, 5.74) is 0.0717. The minimum Gasteiger partial charge on any atom is -0.375 e. The highest BCUT2D eigenvalue weighted by atomic mass is 19.4. The second-order valence-corrected chi connectivity index (χ2v) is 4.61. The Labute approximate surface area is 112 Å². The maximum absolute atomic E-state index is 12.8. The first kappa shape index (κ1) is 13.1. The smallest absolute Gasteiger partial charge is 0.375 e. The van der Waals surface area contributed by atoms with E-state index in [1.165, 1.54) is 6.07 Å². The van der Waals surface area contributed by atoms with E-state index in [9.17, 15) is 13.2 Å². The minimum atomic E-state index is -4.58. The Morgan fingerprint density at radius 1 is 1.30 bits per heavy atom. The van der Waals surface area contributed by atoms with Crippen LogP contribution in [0.2, 0.25) is 0 Å². The lowest BCUT2D eigenvalue weighted by molar-refractivity contribution is -0.146. The molecule has 2 aromatic heterocycles. The number of nitrogens with zero attached hydrogens (tertiary/aromatic N) is 5. The Hall–Kier alpha value is -1.90. The van der Waals surface area contributed by atoms with Crippen molar-refractivity contribution in [3.05, 3.63) is 18.0 Å². The molecule has 20 heavy (non-hydrogen) atoms. The first-order chi connectivity index (χ1) is 9.45. The zero-order chi connectivity index (χ0) is 14.3. The van der Waals surface area contributed by atoms with Crippen LogP contribution in [0.25, 0.3) is 5.65 Å². The second-order valence-electron chi connectivity index (χ2n) is 4.61. The average Bonchev–Trinajstić information content (AvgIpc) is 2.81. The van der Waals surface area contributed by atoms with Crippen LogP contribution >= 0.6 is 0 Å². The van der Waals surface area contributed by atoms with Crippen molar-refractivity contribution in [1.82, 2.24) is 19.8 Å². The van der Waals surface area contributed by atoms with E-state index in [1.807, 2.05) is 11.8 Å². The molecule has 1 aliphatic heterocycles. The summed E-state index contributed by atoms with van der Waals surface area (Å²) >= 11 is 0. The van der Waals surface area contributed by atoms with Crippen molar-refractivity contribution < 1.29 is 17.9 Å². The zero-order valence-electron chi connectivity index (χ0n) is 10.6. The van der Waals surface area contributed by atoms with E-state index < -0.39 is 12.0 Å². The number of ether oxygens (including phenoxy) is 1. The second kappa shape index (κ2) is 4.58. The third kappa shape index (κ3) is 2.28. The molecular formula is C11H12F3N5O. The summed E-state index contributed by atoms with van der Waals surface area (Å²) in [4.78, 5) is 1.88. The van der Waals surface area contributed by atoms with Gasteiger partial charge in [-0.05, 0) is 19.1 Å². The SMILES string of the molecule is C[C@@H]1CN(c2ccc3nnc(C(F)(F)F)n3n2)CCO1. The van der Waals surface area contributed by atoms with E-state index in [-0.39, 0.29) is 11.8 Å². The molecule has 0 amide bonds. The fraction of sp³-hybridized carbons (Fsp3) is 0.545. The number of morpholine rings is 1. The third-order valence-corrected chi connectivity index (χ3v) is 3.07. The normalized spacial score (nSPS) is 20.6. The summed E-state index contributed by atoms with van der Waals surface area (Å²) in [5, 5.41) is 10.6. The van der Waals surface area contributed by atoms with Gasteiger partial charge < -0.3 is 9.64 Å². The number of aromatic nitrogens is 4. The molecule has 1 aliphatic rings. The molecule has 1 saturated heterocycles. The Kier molecular flexibility index (Phi) is 3.00. The fourth-order valence-corrected chi connectivity index (χ4v) is 2.15. The van der Waals surface area contributed by atoms with Gasteiger partial charge in [-0.3, -0.25) is 0 Å². The highest BCUT2D eigenvalue weighted by molar-refractivity contribution is 5.46. The third-order valence-electron chi connectivity index (χ3n) is 3.07. The van der Waals surface area contributed by atoms with Crippen LogP contribution in [0.1, 0.15) is 12.7 Å². The predicted molar refractivity (Wildman–Crippen MR) is 63.4 cm³/mol. The summed E-state index contributed by atoms with van der Waals surface area (Å²) in [6.07, 6.45) is -4.56. The predicted octanol–water partition coefficient (Wildman–Crippen LogP) is 1.37. The van der Waals surface area contributed by atoms with Crippen molar-refractivity contribution in [3.8, 4) is 0 Å². The molecule has 3 rings (SSSR count). The van der Waals surface area contributed by atoms with Gasteiger partial charge in [0.1, 0.15) is 5.82 Å². The van der Waals surface area contributed by atoms with E-state index in [2.05, 4.69) is 15.3 Å². The Bertz CT molecular complexity index is 626. The van der Waals surface area contributed by atoms with Crippen LogP contribution in [-0.4, -0.2) is 45.6 Å². The highest BCUT2D eigenvalue weighted by Crippen LogP contribution is 2.28. The van der Waals surface area contributed by atoms with Crippen LogP contribution in [0, 0.1) is 0 Å². The molecule has 0 radical (unpaired) electrons. The van der Waals surface area contributed by atoms with Crippen LogP contribution in [-0.2, 0) is 10.9 Å². The molecule has 3 heterocycles. The van der Waals surface area contributed by atoms with Gasteiger partial charge in [0.15, 0.2) is 5.65 Å². The van der Waals surface area contributed by atoms with Crippen molar-refractivity contribution in [2.45, 2.75) is 19.2 Å². The number of rotatable bonds is 1. The van der Waals surface area contributed by atoms with E-state index in [4.69, 9.17) is 4.74 Å². The van der Waals surface area contributed by atoms with Crippen LogP contribution < -0.4 is 4.90 Å².